The van der Waals surface area contributed by atoms with Crippen LogP contribution in [0.2, 0.25) is 0 Å². The first-order valence-electron chi connectivity index (χ1n) is 6.66. The van der Waals surface area contributed by atoms with Gasteiger partial charge in [-0.05, 0) is 24.1 Å². The molecule has 0 saturated heterocycles. The van der Waals surface area contributed by atoms with Gasteiger partial charge in [-0.3, -0.25) is 0 Å². The maximum Gasteiger partial charge on any atom is 0.245 e. The van der Waals surface area contributed by atoms with Crippen LogP contribution in [0.25, 0.3) is 5.52 Å². The first-order chi connectivity index (χ1) is 10.1. The number of phenolic OH excluding ortho intramolecular Hbond substituents is 1. The number of nitrogens with zero attached hydrogens (tertiary/aromatic N) is 3. The van der Waals surface area contributed by atoms with Crippen molar-refractivity contribution >= 4 is 11.2 Å². The molecule has 3 N–H and O–H groups in total. The molecule has 108 valence electrons. The number of hydrogen-bond donors (Lipinski definition) is 2. The summed E-state index contributed by atoms with van der Waals surface area (Å²) >= 11 is 0. The Labute approximate surface area is 121 Å². The first kappa shape index (κ1) is 13.2. The summed E-state index contributed by atoms with van der Waals surface area (Å²) in [5.74, 6) is 1.05. The van der Waals surface area contributed by atoms with Crippen molar-refractivity contribution in [1.82, 2.24) is 14.6 Å². The molecule has 3 rings (SSSR count). The molecule has 0 saturated carbocycles. The lowest BCUT2D eigenvalue weighted by atomic mass is 10.1. The molecule has 6 heteroatoms. The van der Waals surface area contributed by atoms with Gasteiger partial charge in [0, 0.05) is 12.4 Å². The van der Waals surface area contributed by atoms with Gasteiger partial charge < -0.3 is 15.6 Å². The second-order valence-corrected chi connectivity index (χ2v) is 5.08. The molecule has 21 heavy (non-hydrogen) atoms. The third-order valence-electron chi connectivity index (χ3n) is 3.21. The maximum atomic E-state index is 9.63. The number of ether oxygens (including phenoxy) is 1. The van der Waals surface area contributed by atoms with Gasteiger partial charge in [0.25, 0.3) is 0 Å². The molecule has 0 spiro atoms. The Balaban J connectivity index is 2.06. The molecule has 0 atom stereocenters. The second-order valence-electron chi connectivity index (χ2n) is 5.08. The van der Waals surface area contributed by atoms with Gasteiger partial charge in [0.2, 0.25) is 5.88 Å². The molecule has 1 aromatic carbocycles. The van der Waals surface area contributed by atoms with E-state index in [0.29, 0.717) is 17.5 Å². The Morgan fingerprint density at radius 1 is 1.33 bits per heavy atom. The Morgan fingerprint density at radius 2 is 2.14 bits per heavy atom. The van der Waals surface area contributed by atoms with E-state index in [0.717, 1.165) is 11.2 Å². The monoisotopic (exact) mass is 284 g/mol. The third-order valence-corrected chi connectivity index (χ3v) is 3.21. The van der Waals surface area contributed by atoms with Crippen molar-refractivity contribution in [1.29, 1.82) is 0 Å². The zero-order valence-corrected chi connectivity index (χ0v) is 11.8. The SMILES string of the molecule is CC(C)c1cc2c(Oc3cccc(O)c3N)nccn2n1. The molecule has 0 aliphatic rings. The summed E-state index contributed by atoms with van der Waals surface area (Å²) in [4.78, 5) is 4.23. The molecule has 0 aliphatic heterocycles. The molecular formula is C15H16N4O2. The highest BCUT2D eigenvalue weighted by atomic mass is 16.5. The van der Waals surface area contributed by atoms with E-state index in [1.165, 1.54) is 6.07 Å². The largest absolute Gasteiger partial charge is 0.506 e. The molecule has 0 bridgehead atoms. The maximum absolute atomic E-state index is 9.63. The Bertz CT molecular complexity index is 795. The molecule has 0 amide bonds. The Hall–Kier alpha value is -2.76. The normalized spacial score (nSPS) is 11.2. The number of nitrogens with two attached hydrogens (primary N) is 1. The van der Waals surface area contributed by atoms with Gasteiger partial charge in [-0.1, -0.05) is 19.9 Å². The average molecular weight is 284 g/mol. The van der Waals surface area contributed by atoms with Crippen LogP contribution in [-0.4, -0.2) is 19.7 Å². The van der Waals surface area contributed by atoms with Crippen LogP contribution in [0.4, 0.5) is 5.69 Å². The molecule has 2 heterocycles. The predicted octanol–water partition coefficient (Wildman–Crippen LogP) is 2.93. The van der Waals surface area contributed by atoms with Crippen molar-refractivity contribution in [3.63, 3.8) is 0 Å². The van der Waals surface area contributed by atoms with Gasteiger partial charge in [-0.15, -0.1) is 0 Å². The fraction of sp³-hybridized carbons (Fsp3) is 0.200. The van der Waals surface area contributed by atoms with Crippen LogP contribution in [0.5, 0.6) is 17.4 Å². The van der Waals surface area contributed by atoms with Gasteiger partial charge in [-0.25, -0.2) is 9.50 Å². The van der Waals surface area contributed by atoms with Crippen LogP contribution in [0.3, 0.4) is 0 Å². The topological polar surface area (TPSA) is 85.7 Å². The van der Waals surface area contributed by atoms with Crippen molar-refractivity contribution in [2.24, 2.45) is 0 Å². The highest BCUT2D eigenvalue weighted by Gasteiger charge is 2.13. The van der Waals surface area contributed by atoms with Crippen molar-refractivity contribution in [2.75, 3.05) is 5.73 Å². The average Bonchev–Trinajstić information content (AvgIpc) is 2.89. The lowest BCUT2D eigenvalue weighted by molar-refractivity contribution is 0.451. The van der Waals surface area contributed by atoms with E-state index in [2.05, 4.69) is 23.9 Å². The zero-order chi connectivity index (χ0) is 15.0. The standard InChI is InChI=1S/C15H16N4O2/c1-9(2)10-8-11-15(17-6-7-19(11)18-10)21-13-5-3-4-12(20)14(13)16/h3-9,20H,16H2,1-2H3. The zero-order valence-electron chi connectivity index (χ0n) is 11.8. The smallest absolute Gasteiger partial charge is 0.245 e. The summed E-state index contributed by atoms with van der Waals surface area (Å²) in [6.07, 6.45) is 3.37. The van der Waals surface area contributed by atoms with Gasteiger partial charge >= 0.3 is 0 Å². The van der Waals surface area contributed by atoms with Crippen LogP contribution in [0.15, 0.2) is 36.7 Å². The summed E-state index contributed by atoms with van der Waals surface area (Å²) < 4.78 is 7.46. The number of aromatic hydroxyl groups is 1. The Kier molecular flexibility index (Phi) is 3.13. The number of para-hydroxylation sites is 1. The highest BCUT2D eigenvalue weighted by Crippen LogP contribution is 2.34. The number of phenols is 1. The van der Waals surface area contributed by atoms with E-state index in [1.54, 1.807) is 29.0 Å². The second kappa shape index (κ2) is 4.97. The summed E-state index contributed by atoms with van der Waals surface area (Å²) in [6, 6.07) is 6.79. The van der Waals surface area contributed by atoms with Crippen molar-refractivity contribution in [2.45, 2.75) is 19.8 Å². The number of aromatic nitrogens is 3. The van der Waals surface area contributed by atoms with E-state index in [9.17, 15) is 5.11 Å². The van der Waals surface area contributed by atoms with Crippen molar-refractivity contribution in [3.05, 3.63) is 42.4 Å². The predicted molar refractivity (Wildman–Crippen MR) is 79.7 cm³/mol. The first-order valence-corrected chi connectivity index (χ1v) is 6.66. The van der Waals surface area contributed by atoms with Crippen molar-refractivity contribution < 1.29 is 9.84 Å². The number of hydrogen-bond acceptors (Lipinski definition) is 5. The molecule has 3 aromatic rings. The molecule has 0 radical (unpaired) electrons. The van der Waals surface area contributed by atoms with Gasteiger partial charge in [-0.2, -0.15) is 5.10 Å². The highest BCUT2D eigenvalue weighted by molar-refractivity contribution is 5.65. The number of anilines is 1. The van der Waals surface area contributed by atoms with Crippen LogP contribution in [0, 0.1) is 0 Å². The number of nitrogen functional groups attached to an aromatic ring is 1. The van der Waals surface area contributed by atoms with Crippen LogP contribution in [-0.2, 0) is 0 Å². The quantitative estimate of drug-likeness (QED) is 0.570. The fourth-order valence-corrected chi connectivity index (χ4v) is 2.00. The Morgan fingerprint density at radius 3 is 2.90 bits per heavy atom. The number of fused-ring (bicyclic) bond motifs is 1. The summed E-state index contributed by atoms with van der Waals surface area (Å²) in [5.41, 5.74) is 7.70. The molecule has 0 unspecified atom stereocenters. The lowest BCUT2D eigenvalue weighted by Gasteiger charge is -2.09. The van der Waals surface area contributed by atoms with Gasteiger partial charge in [0.15, 0.2) is 5.75 Å². The minimum absolute atomic E-state index is 0.0178. The minimum Gasteiger partial charge on any atom is -0.506 e. The third kappa shape index (κ3) is 2.35. The van der Waals surface area contributed by atoms with E-state index in [-0.39, 0.29) is 11.4 Å². The van der Waals surface area contributed by atoms with Crippen LogP contribution < -0.4 is 10.5 Å². The van der Waals surface area contributed by atoms with Crippen LogP contribution in [0.1, 0.15) is 25.5 Å². The molecule has 0 aliphatic carbocycles. The van der Waals surface area contributed by atoms with Gasteiger partial charge in [0.1, 0.15) is 17.0 Å². The minimum atomic E-state index is -0.0178. The fourth-order valence-electron chi connectivity index (χ4n) is 2.00. The van der Waals surface area contributed by atoms with Crippen molar-refractivity contribution in [3.8, 4) is 17.4 Å². The lowest BCUT2D eigenvalue weighted by Crippen LogP contribution is -1.97. The molecule has 6 nitrogen and oxygen atoms in total. The molecular weight excluding hydrogens is 268 g/mol. The van der Waals surface area contributed by atoms with E-state index >= 15 is 0 Å². The number of benzene rings is 1. The van der Waals surface area contributed by atoms with Gasteiger partial charge in [0.05, 0.1) is 5.69 Å². The van der Waals surface area contributed by atoms with E-state index in [1.807, 2.05) is 6.07 Å². The summed E-state index contributed by atoms with van der Waals surface area (Å²) in [5, 5.41) is 14.1. The molecule has 0 fully saturated rings. The molecule has 2 aromatic heterocycles. The summed E-state index contributed by atoms with van der Waals surface area (Å²) in [7, 11) is 0. The van der Waals surface area contributed by atoms with E-state index < -0.39 is 0 Å². The van der Waals surface area contributed by atoms with E-state index in [4.69, 9.17) is 10.5 Å². The summed E-state index contributed by atoms with van der Waals surface area (Å²) in [6.45, 7) is 4.14. The number of rotatable bonds is 3. The van der Waals surface area contributed by atoms with Crippen LogP contribution >= 0.6 is 0 Å².